The molecule has 0 aliphatic carbocycles. The van der Waals surface area contributed by atoms with Gasteiger partial charge in [-0.25, -0.2) is 0 Å². The van der Waals surface area contributed by atoms with Crippen LogP contribution in [0.4, 0.5) is 11.4 Å². The van der Waals surface area contributed by atoms with Gasteiger partial charge in [-0.3, -0.25) is 9.59 Å². The van der Waals surface area contributed by atoms with E-state index < -0.39 is 5.92 Å². The lowest BCUT2D eigenvalue weighted by Crippen LogP contribution is -2.28. The largest absolute Gasteiger partial charge is 0.454 e. The second-order valence-corrected chi connectivity index (χ2v) is 6.96. The van der Waals surface area contributed by atoms with Crippen molar-refractivity contribution in [3.8, 4) is 11.5 Å². The molecule has 0 saturated carbocycles. The molecule has 1 N–H and O–H groups in total. The van der Waals surface area contributed by atoms with Crippen LogP contribution in [0.15, 0.2) is 60.7 Å². The van der Waals surface area contributed by atoms with E-state index in [1.165, 1.54) is 0 Å². The van der Waals surface area contributed by atoms with Crippen LogP contribution in [0.2, 0.25) is 0 Å². The Kier molecular flexibility index (Phi) is 3.90. The first kappa shape index (κ1) is 16.6. The molecule has 1 atom stereocenters. The lowest BCUT2D eigenvalue weighted by molar-refractivity contribution is -0.122. The molecule has 0 aromatic heterocycles. The molecule has 0 radical (unpaired) electrons. The van der Waals surface area contributed by atoms with Crippen LogP contribution in [0.5, 0.6) is 11.5 Å². The summed E-state index contributed by atoms with van der Waals surface area (Å²) in [6, 6.07) is 19.1. The van der Waals surface area contributed by atoms with Crippen LogP contribution in [0.3, 0.4) is 0 Å². The smallest absolute Gasteiger partial charge is 0.231 e. The topological polar surface area (TPSA) is 67.9 Å². The monoisotopic (exact) mass is 374 g/mol. The van der Waals surface area contributed by atoms with Gasteiger partial charge in [0, 0.05) is 35.8 Å². The predicted molar refractivity (Wildman–Crippen MR) is 106 cm³/mol. The van der Waals surface area contributed by atoms with Crippen LogP contribution < -0.4 is 19.7 Å². The van der Waals surface area contributed by atoms with Crippen molar-refractivity contribution in [1.29, 1.82) is 0 Å². The van der Waals surface area contributed by atoms with Crippen LogP contribution in [-0.2, 0) is 9.59 Å². The van der Waals surface area contributed by atoms with Gasteiger partial charge in [0.15, 0.2) is 11.5 Å². The Balaban J connectivity index is 1.34. The van der Waals surface area contributed by atoms with Crippen molar-refractivity contribution >= 4 is 34.0 Å². The molecule has 2 heterocycles. The highest BCUT2D eigenvalue weighted by atomic mass is 16.7. The number of nitrogens with zero attached hydrogens (tertiary/aromatic N) is 1. The number of carbonyl (C=O) groups excluding carboxylic acids is 2. The van der Waals surface area contributed by atoms with Crippen LogP contribution in [0.25, 0.3) is 10.8 Å². The van der Waals surface area contributed by atoms with E-state index in [0.29, 0.717) is 18.0 Å². The lowest BCUT2D eigenvalue weighted by atomic mass is 10.1. The van der Waals surface area contributed by atoms with Crippen molar-refractivity contribution in [2.75, 3.05) is 23.6 Å². The van der Waals surface area contributed by atoms with E-state index in [1.807, 2.05) is 48.5 Å². The molecule has 2 aliphatic rings. The van der Waals surface area contributed by atoms with E-state index in [1.54, 1.807) is 17.0 Å². The molecule has 5 rings (SSSR count). The third-order valence-corrected chi connectivity index (χ3v) is 5.21. The van der Waals surface area contributed by atoms with Gasteiger partial charge >= 0.3 is 0 Å². The molecule has 2 aliphatic heterocycles. The molecule has 0 spiro atoms. The fourth-order valence-electron chi connectivity index (χ4n) is 3.76. The average Bonchev–Trinajstić information content (AvgIpc) is 3.34. The second kappa shape index (κ2) is 6.56. The molecule has 6 nitrogen and oxygen atoms in total. The Morgan fingerprint density at radius 1 is 1.00 bits per heavy atom. The third-order valence-electron chi connectivity index (χ3n) is 5.21. The Bertz CT molecular complexity index is 1090. The zero-order chi connectivity index (χ0) is 19.1. The number of nitrogens with one attached hydrogen (secondary N) is 1. The SMILES string of the molecule is O=C(Nc1cccc2ccccc12)C1CC(=O)N(c2ccc3c(c2)OCO3)C1. The molecule has 0 bridgehead atoms. The van der Waals surface area contributed by atoms with Gasteiger partial charge < -0.3 is 19.7 Å². The molecular weight excluding hydrogens is 356 g/mol. The highest BCUT2D eigenvalue weighted by molar-refractivity contribution is 6.07. The minimum absolute atomic E-state index is 0.0723. The third kappa shape index (κ3) is 2.83. The Hall–Kier alpha value is -3.54. The number of amides is 2. The number of carbonyl (C=O) groups is 2. The fraction of sp³-hybridized carbons (Fsp3) is 0.182. The number of rotatable bonds is 3. The van der Waals surface area contributed by atoms with Gasteiger partial charge in [0.2, 0.25) is 18.6 Å². The maximum Gasteiger partial charge on any atom is 0.231 e. The summed E-state index contributed by atoms with van der Waals surface area (Å²) < 4.78 is 10.7. The van der Waals surface area contributed by atoms with Crippen molar-refractivity contribution in [1.82, 2.24) is 0 Å². The molecule has 2 amide bonds. The lowest BCUT2D eigenvalue weighted by Gasteiger charge is -2.17. The summed E-state index contributed by atoms with van der Waals surface area (Å²) in [4.78, 5) is 27.0. The minimum atomic E-state index is -0.406. The van der Waals surface area contributed by atoms with Crippen molar-refractivity contribution < 1.29 is 19.1 Å². The molecule has 6 heteroatoms. The number of hydrogen-bond donors (Lipinski definition) is 1. The van der Waals surface area contributed by atoms with Crippen LogP contribution in [0, 0.1) is 5.92 Å². The summed E-state index contributed by atoms with van der Waals surface area (Å²) in [7, 11) is 0. The van der Waals surface area contributed by atoms with Gasteiger partial charge in [-0.05, 0) is 23.6 Å². The highest BCUT2D eigenvalue weighted by Crippen LogP contribution is 2.37. The summed E-state index contributed by atoms with van der Waals surface area (Å²) in [5, 5.41) is 5.04. The summed E-state index contributed by atoms with van der Waals surface area (Å²) in [6.45, 7) is 0.526. The van der Waals surface area contributed by atoms with Gasteiger partial charge in [-0.1, -0.05) is 36.4 Å². The molecule has 28 heavy (non-hydrogen) atoms. The maximum absolute atomic E-state index is 12.8. The summed E-state index contributed by atoms with van der Waals surface area (Å²) in [6.07, 6.45) is 0.186. The van der Waals surface area contributed by atoms with E-state index in [4.69, 9.17) is 9.47 Å². The molecule has 3 aromatic carbocycles. The Labute approximate surface area is 161 Å². The number of benzene rings is 3. The molecule has 1 saturated heterocycles. The van der Waals surface area contributed by atoms with Crippen molar-refractivity contribution in [2.24, 2.45) is 5.92 Å². The number of fused-ring (bicyclic) bond motifs is 2. The number of anilines is 2. The quantitative estimate of drug-likeness (QED) is 0.761. The summed E-state index contributed by atoms with van der Waals surface area (Å²) in [5.41, 5.74) is 1.48. The van der Waals surface area contributed by atoms with E-state index >= 15 is 0 Å². The second-order valence-electron chi connectivity index (χ2n) is 6.96. The van der Waals surface area contributed by atoms with Crippen molar-refractivity contribution in [2.45, 2.75) is 6.42 Å². The van der Waals surface area contributed by atoms with E-state index in [2.05, 4.69) is 5.32 Å². The number of ether oxygens (including phenoxy) is 2. The molecule has 1 unspecified atom stereocenters. The van der Waals surface area contributed by atoms with Gasteiger partial charge in [-0.2, -0.15) is 0 Å². The van der Waals surface area contributed by atoms with Crippen LogP contribution in [-0.4, -0.2) is 25.2 Å². The standard InChI is InChI=1S/C22H18N2O4/c25-21-10-15(12-24(21)16-8-9-19-20(11-16)28-13-27-19)22(26)23-18-7-3-5-14-4-1-2-6-17(14)18/h1-9,11,15H,10,12-13H2,(H,23,26). The van der Waals surface area contributed by atoms with Gasteiger partial charge in [-0.15, -0.1) is 0 Å². The fourth-order valence-corrected chi connectivity index (χ4v) is 3.76. The summed E-state index contributed by atoms with van der Waals surface area (Å²) in [5.74, 6) is 0.663. The highest BCUT2D eigenvalue weighted by Gasteiger charge is 2.35. The van der Waals surface area contributed by atoms with Crippen molar-refractivity contribution in [3.05, 3.63) is 60.7 Å². The predicted octanol–water partition coefficient (Wildman–Crippen LogP) is 3.56. The normalized spacial score (nSPS) is 17.9. The Morgan fingerprint density at radius 2 is 1.82 bits per heavy atom. The first-order valence-electron chi connectivity index (χ1n) is 9.18. The van der Waals surface area contributed by atoms with Gasteiger partial charge in [0.1, 0.15) is 0 Å². The first-order valence-corrected chi connectivity index (χ1v) is 9.18. The van der Waals surface area contributed by atoms with Gasteiger partial charge in [0.25, 0.3) is 0 Å². The minimum Gasteiger partial charge on any atom is -0.454 e. The van der Waals surface area contributed by atoms with Crippen LogP contribution >= 0.6 is 0 Å². The molecule has 140 valence electrons. The molecular formula is C22H18N2O4. The summed E-state index contributed by atoms with van der Waals surface area (Å²) >= 11 is 0. The Morgan fingerprint density at radius 3 is 2.75 bits per heavy atom. The van der Waals surface area contributed by atoms with Crippen LogP contribution in [0.1, 0.15) is 6.42 Å². The zero-order valence-corrected chi connectivity index (χ0v) is 15.1. The van der Waals surface area contributed by atoms with E-state index in [0.717, 1.165) is 22.1 Å². The zero-order valence-electron chi connectivity index (χ0n) is 15.1. The number of hydrogen-bond acceptors (Lipinski definition) is 4. The first-order chi connectivity index (χ1) is 13.7. The molecule has 3 aromatic rings. The van der Waals surface area contributed by atoms with Gasteiger partial charge in [0.05, 0.1) is 5.92 Å². The molecule has 1 fully saturated rings. The maximum atomic E-state index is 12.8. The van der Waals surface area contributed by atoms with Crippen molar-refractivity contribution in [3.63, 3.8) is 0 Å². The van der Waals surface area contributed by atoms with E-state index in [-0.39, 0.29) is 25.0 Å². The van der Waals surface area contributed by atoms with E-state index in [9.17, 15) is 9.59 Å². The average molecular weight is 374 g/mol.